The zero-order chi connectivity index (χ0) is 14.0. The second-order valence-corrected chi connectivity index (χ2v) is 3.99. The number of hydrogen-bond donors (Lipinski definition) is 3. The molecule has 0 bridgehead atoms. The molecule has 0 saturated heterocycles. The van der Waals surface area contributed by atoms with E-state index in [4.69, 9.17) is 15.6 Å². The Bertz CT molecular complexity index is 637. The van der Waals surface area contributed by atoms with Crippen molar-refractivity contribution < 1.29 is 19.7 Å². The summed E-state index contributed by atoms with van der Waals surface area (Å²) in [5.74, 6) is -0.774. The lowest BCUT2D eigenvalue weighted by Gasteiger charge is -2.09. The van der Waals surface area contributed by atoms with Gasteiger partial charge in [0.1, 0.15) is 17.1 Å². The molecule has 5 heteroatoms. The number of carboxylic acid groups (broad SMARTS) is 1. The highest BCUT2D eigenvalue weighted by atomic mass is 16.5. The summed E-state index contributed by atoms with van der Waals surface area (Å²) in [4.78, 5) is 11.1. The van der Waals surface area contributed by atoms with Crippen LogP contribution < -0.4 is 10.5 Å². The van der Waals surface area contributed by atoms with Crippen LogP contribution in [0.5, 0.6) is 11.5 Å². The van der Waals surface area contributed by atoms with E-state index in [1.165, 1.54) is 19.2 Å². The molecule has 0 aromatic heterocycles. The highest BCUT2D eigenvalue weighted by molar-refractivity contribution is 5.92. The molecule has 0 aliphatic rings. The highest BCUT2D eigenvalue weighted by Crippen LogP contribution is 2.30. The van der Waals surface area contributed by atoms with Crippen molar-refractivity contribution in [3.8, 4) is 22.6 Å². The molecule has 2 aromatic rings. The molecule has 0 heterocycles. The van der Waals surface area contributed by atoms with Gasteiger partial charge in [-0.05, 0) is 35.4 Å². The van der Waals surface area contributed by atoms with Crippen LogP contribution in [-0.4, -0.2) is 23.3 Å². The van der Waals surface area contributed by atoms with E-state index in [0.717, 1.165) is 5.56 Å². The number of aromatic hydroxyl groups is 1. The molecule has 2 aromatic carbocycles. The first-order valence-electron chi connectivity index (χ1n) is 5.53. The van der Waals surface area contributed by atoms with E-state index >= 15 is 0 Å². The fraction of sp³-hybridized carbons (Fsp3) is 0.0714. The average molecular weight is 259 g/mol. The van der Waals surface area contributed by atoms with E-state index in [0.29, 0.717) is 11.3 Å². The van der Waals surface area contributed by atoms with Gasteiger partial charge in [-0.15, -0.1) is 0 Å². The van der Waals surface area contributed by atoms with Crippen molar-refractivity contribution in [2.24, 2.45) is 0 Å². The standard InChI is InChI=1S/C14H13NO4/c1-19-13-5-3-8(6-10(13)14(17)18)9-2-4-12(16)11(15)7-9/h2-7,16H,15H2,1H3,(H,17,18). The van der Waals surface area contributed by atoms with Gasteiger partial charge >= 0.3 is 5.97 Å². The first kappa shape index (κ1) is 12.8. The van der Waals surface area contributed by atoms with Crippen molar-refractivity contribution in [2.75, 3.05) is 12.8 Å². The van der Waals surface area contributed by atoms with Crippen LogP contribution in [0.15, 0.2) is 36.4 Å². The summed E-state index contributed by atoms with van der Waals surface area (Å²) < 4.78 is 4.99. The van der Waals surface area contributed by atoms with Crippen LogP contribution in [0.2, 0.25) is 0 Å². The van der Waals surface area contributed by atoms with E-state index < -0.39 is 5.97 Å². The van der Waals surface area contributed by atoms with E-state index in [1.807, 2.05) is 0 Å². The van der Waals surface area contributed by atoms with Gasteiger partial charge in [0.05, 0.1) is 12.8 Å². The first-order chi connectivity index (χ1) is 9.02. The number of benzene rings is 2. The maximum Gasteiger partial charge on any atom is 0.339 e. The molecule has 0 radical (unpaired) electrons. The Morgan fingerprint density at radius 2 is 1.79 bits per heavy atom. The van der Waals surface area contributed by atoms with Crippen LogP contribution in [-0.2, 0) is 0 Å². The Morgan fingerprint density at radius 1 is 1.16 bits per heavy atom. The molecule has 0 aliphatic carbocycles. The van der Waals surface area contributed by atoms with Gasteiger partial charge in [0.2, 0.25) is 0 Å². The van der Waals surface area contributed by atoms with Gasteiger partial charge in [-0.25, -0.2) is 4.79 Å². The molecule has 0 amide bonds. The van der Waals surface area contributed by atoms with E-state index in [1.54, 1.807) is 24.3 Å². The maximum absolute atomic E-state index is 11.1. The Labute approximate surface area is 109 Å². The number of nitrogens with two attached hydrogens (primary N) is 1. The monoisotopic (exact) mass is 259 g/mol. The molecule has 19 heavy (non-hydrogen) atoms. The van der Waals surface area contributed by atoms with Crippen LogP contribution in [0.1, 0.15) is 10.4 Å². The number of carboxylic acids is 1. The summed E-state index contributed by atoms with van der Waals surface area (Å²) in [6.07, 6.45) is 0. The van der Waals surface area contributed by atoms with Crippen LogP contribution in [0.25, 0.3) is 11.1 Å². The van der Waals surface area contributed by atoms with Gasteiger partial charge in [-0.1, -0.05) is 12.1 Å². The average Bonchev–Trinajstić information content (AvgIpc) is 2.41. The topological polar surface area (TPSA) is 92.8 Å². The smallest absolute Gasteiger partial charge is 0.339 e. The molecule has 2 rings (SSSR count). The molecule has 0 aliphatic heterocycles. The lowest BCUT2D eigenvalue weighted by atomic mass is 10.0. The third kappa shape index (κ3) is 2.44. The number of phenols is 1. The zero-order valence-corrected chi connectivity index (χ0v) is 10.3. The van der Waals surface area contributed by atoms with Crippen LogP contribution in [0, 0.1) is 0 Å². The fourth-order valence-electron chi connectivity index (χ4n) is 1.79. The summed E-state index contributed by atoms with van der Waals surface area (Å²) in [6.45, 7) is 0. The van der Waals surface area contributed by atoms with Crippen molar-refractivity contribution >= 4 is 11.7 Å². The van der Waals surface area contributed by atoms with Gasteiger partial charge in [-0.2, -0.15) is 0 Å². The van der Waals surface area contributed by atoms with Gasteiger partial charge in [0.15, 0.2) is 0 Å². The maximum atomic E-state index is 11.1. The number of aromatic carboxylic acids is 1. The van der Waals surface area contributed by atoms with Crippen LogP contribution in [0.4, 0.5) is 5.69 Å². The zero-order valence-electron chi connectivity index (χ0n) is 10.3. The second kappa shape index (κ2) is 4.89. The summed E-state index contributed by atoms with van der Waals surface area (Å²) in [5.41, 5.74) is 7.35. The first-order valence-corrected chi connectivity index (χ1v) is 5.53. The van der Waals surface area contributed by atoms with Crippen molar-refractivity contribution in [2.45, 2.75) is 0 Å². The third-order valence-electron chi connectivity index (χ3n) is 2.79. The highest BCUT2D eigenvalue weighted by Gasteiger charge is 2.12. The third-order valence-corrected chi connectivity index (χ3v) is 2.79. The quantitative estimate of drug-likeness (QED) is 0.581. The molecular weight excluding hydrogens is 246 g/mol. The summed E-state index contributed by atoms with van der Waals surface area (Å²) in [6, 6.07) is 9.54. The van der Waals surface area contributed by atoms with Crippen molar-refractivity contribution in [3.63, 3.8) is 0 Å². The van der Waals surface area contributed by atoms with E-state index in [9.17, 15) is 9.90 Å². The Hall–Kier alpha value is -2.69. The van der Waals surface area contributed by atoms with Gasteiger partial charge in [0, 0.05) is 0 Å². The van der Waals surface area contributed by atoms with Crippen molar-refractivity contribution in [1.82, 2.24) is 0 Å². The number of hydrogen-bond acceptors (Lipinski definition) is 4. The lowest BCUT2D eigenvalue weighted by molar-refractivity contribution is 0.0693. The molecule has 98 valence electrons. The van der Waals surface area contributed by atoms with Gasteiger partial charge < -0.3 is 20.7 Å². The van der Waals surface area contributed by atoms with Crippen LogP contribution in [0.3, 0.4) is 0 Å². The minimum atomic E-state index is -1.06. The van der Waals surface area contributed by atoms with E-state index in [-0.39, 0.29) is 17.0 Å². The molecule has 0 spiro atoms. The number of anilines is 1. The molecule has 0 unspecified atom stereocenters. The normalized spacial score (nSPS) is 10.2. The van der Waals surface area contributed by atoms with Gasteiger partial charge in [0.25, 0.3) is 0 Å². The largest absolute Gasteiger partial charge is 0.506 e. The Morgan fingerprint density at radius 3 is 2.37 bits per heavy atom. The molecule has 0 atom stereocenters. The minimum Gasteiger partial charge on any atom is -0.506 e. The predicted octanol–water partition coefficient (Wildman–Crippen LogP) is 2.35. The number of rotatable bonds is 3. The number of methoxy groups -OCH3 is 1. The summed E-state index contributed by atoms with van der Waals surface area (Å²) in [7, 11) is 1.42. The molecule has 4 N–H and O–H groups in total. The fourth-order valence-corrected chi connectivity index (χ4v) is 1.79. The van der Waals surface area contributed by atoms with E-state index in [2.05, 4.69) is 0 Å². The minimum absolute atomic E-state index is 0.00396. The van der Waals surface area contributed by atoms with Crippen molar-refractivity contribution in [3.05, 3.63) is 42.0 Å². The number of phenolic OH excluding ortho intramolecular Hbond substituents is 1. The number of carbonyl (C=O) groups is 1. The van der Waals surface area contributed by atoms with Crippen molar-refractivity contribution in [1.29, 1.82) is 0 Å². The molecule has 0 saturated carbocycles. The Balaban J connectivity index is 2.53. The second-order valence-electron chi connectivity index (χ2n) is 3.99. The van der Waals surface area contributed by atoms with Gasteiger partial charge in [-0.3, -0.25) is 0 Å². The SMILES string of the molecule is COc1ccc(-c2ccc(O)c(N)c2)cc1C(=O)O. The molecular formula is C14H13NO4. The number of nitrogen functional groups attached to an aromatic ring is 1. The summed E-state index contributed by atoms with van der Waals surface area (Å²) in [5, 5.41) is 18.5. The molecule has 5 nitrogen and oxygen atoms in total. The summed E-state index contributed by atoms with van der Waals surface area (Å²) >= 11 is 0. The van der Waals surface area contributed by atoms with Crippen LogP contribution >= 0.6 is 0 Å². The Kier molecular flexibility index (Phi) is 3.29. The lowest BCUT2D eigenvalue weighted by Crippen LogP contribution is -2.00. The molecule has 0 fully saturated rings. The number of ether oxygens (including phenoxy) is 1. The predicted molar refractivity (Wildman–Crippen MR) is 71.5 cm³/mol.